The van der Waals surface area contributed by atoms with Gasteiger partial charge in [-0.3, -0.25) is 9.11 Å². The van der Waals surface area contributed by atoms with E-state index in [-0.39, 0.29) is 0 Å². The summed E-state index contributed by atoms with van der Waals surface area (Å²) in [6.07, 6.45) is 1.30. The average Bonchev–Trinajstić information content (AvgIpc) is 2.71. The molecule has 0 aliphatic heterocycles. The van der Waals surface area contributed by atoms with Crippen molar-refractivity contribution < 1.29 is 35.1 Å². The van der Waals surface area contributed by atoms with Crippen LogP contribution in [0.1, 0.15) is 26.0 Å². The summed E-state index contributed by atoms with van der Waals surface area (Å²) in [6.45, 7) is 3.32. The van der Waals surface area contributed by atoms with Crippen LogP contribution >= 0.6 is 0 Å². The quantitative estimate of drug-likeness (QED) is 0.261. The Bertz CT molecular complexity index is 678. The first-order valence-corrected chi connectivity index (χ1v) is 8.24. The minimum absolute atomic E-state index is 0.430. The molecule has 114 valence electrons. The Hall–Kier alpha value is -1.43. The summed E-state index contributed by atoms with van der Waals surface area (Å²) < 4.78 is 66.7. The topological polar surface area (TPSA) is 148 Å². The molecule has 0 radical (unpaired) electrons. The van der Waals surface area contributed by atoms with E-state index in [1.54, 1.807) is 13.8 Å². The molecule has 2 N–H and O–H groups in total. The van der Waals surface area contributed by atoms with Gasteiger partial charge >= 0.3 is 10.1 Å². The monoisotopic (exact) mass is 327 g/mol. The predicted octanol–water partition coefficient (Wildman–Crippen LogP) is 0.501. The molecule has 0 aliphatic rings. The zero-order valence-corrected chi connectivity index (χ0v) is 12.2. The van der Waals surface area contributed by atoms with Gasteiger partial charge in [0.25, 0.3) is 15.2 Å². The molecule has 0 aliphatic carbocycles. The second-order valence-corrected chi connectivity index (χ2v) is 6.71. The Morgan fingerprint density at radius 3 is 2.25 bits per heavy atom. The van der Waals surface area contributed by atoms with E-state index < -0.39 is 42.0 Å². The Balaban J connectivity index is 3.46. The number of hydrogen-bond acceptors (Lipinski definition) is 6. The number of hydroxylamine groups is 1. The molecule has 20 heavy (non-hydrogen) atoms. The molecule has 0 bridgehead atoms. The SMILES string of the molecule is CCC(C)[N+]([O-])=Cc1cc(S(=O)(=O)O)c(S(=O)(=O)O)o1. The van der Waals surface area contributed by atoms with Gasteiger partial charge in [-0.2, -0.15) is 16.8 Å². The highest BCUT2D eigenvalue weighted by Crippen LogP contribution is 2.24. The van der Waals surface area contributed by atoms with Crippen LogP contribution in [0.4, 0.5) is 0 Å². The summed E-state index contributed by atoms with van der Waals surface area (Å²) in [5, 5.41) is 10.2. The van der Waals surface area contributed by atoms with Gasteiger partial charge in [-0.1, -0.05) is 6.92 Å². The van der Waals surface area contributed by atoms with E-state index in [4.69, 9.17) is 9.11 Å². The molecule has 1 unspecified atom stereocenters. The van der Waals surface area contributed by atoms with Crippen molar-refractivity contribution >= 4 is 26.5 Å². The lowest BCUT2D eigenvalue weighted by Gasteiger charge is -2.08. The molecule has 0 fully saturated rings. The van der Waals surface area contributed by atoms with Gasteiger partial charge in [-0.25, -0.2) is 4.74 Å². The van der Waals surface area contributed by atoms with Crippen LogP contribution in [0.2, 0.25) is 0 Å². The van der Waals surface area contributed by atoms with E-state index in [1.807, 2.05) is 0 Å². The standard InChI is InChI=1S/C9H13NO8S2/c1-3-6(2)10(11)5-7-4-8(19(12,13)14)9(18-7)20(15,16)17/h4-6H,3H2,1-2H3,(H,12,13,14)(H,15,16,17). The molecule has 0 saturated heterocycles. The Morgan fingerprint density at radius 2 is 1.90 bits per heavy atom. The molecule has 0 aromatic carbocycles. The summed E-state index contributed by atoms with van der Waals surface area (Å²) in [5.41, 5.74) is 0. The van der Waals surface area contributed by atoms with E-state index in [0.29, 0.717) is 17.2 Å². The van der Waals surface area contributed by atoms with Crippen molar-refractivity contribution in [3.63, 3.8) is 0 Å². The van der Waals surface area contributed by atoms with Gasteiger partial charge in [0.05, 0.1) is 0 Å². The number of rotatable bonds is 5. The molecule has 0 saturated carbocycles. The van der Waals surface area contributed by atoms with Crippen molar-refractivity contribution in [2.45, 2.75) is 36.3 Å². The fourth-order valence-corrected chi connectivity index (χ4v) is 2.89. The van der Waals surface area contributed by atoms with Crippen molar-refractivity contribution in [2.24, 2.45) is 0 Å². The second-order valence-electron chi connectivity index (χ2n) is 4.00. The first-order chi connectivity index (χ1) is 8.96. The normalized spacial score (nSPS) is 15.3. The summed E-state index contributed by atoms with van der Waals surface area (Å²) in [4.78, 5) is -1.14. The van der Waals surface area contributed by atoms with Crippen molar-refractivity contribution in [2.75, 3.05) is 0 Å². The lowest BCUT2D eigenvalue weighted by molar-refractivity contribution is -0.492. The first kappa shape index (κ1) is 16.6. The molecular formula is C9H13NO8S2. The highest BCUT2D eigenvalue weighted by atomic mass is 32.2. The van der Waals surface area contributed by atoms with Crippen LogP contribution in [0.25, 0.3) is 0 Å². The molecular weight excluding hydrogens is 314 g/mol. The highest BCUT2D eigenvalue weighted by molar-refractivity contribution is 7.88. The average molecular weight is 327 g/mol. The predicted molar refractivity (Wildman–Crippen MR) is 66.9 cm³/mol. The third kappa shape index (κ3) is 3.79. The van der Waals surface area contributed by atoms with Crippen molar-refractivity contribution in [1.82, 2.24) is 0 Å². The Labute approximate surface area is 115 Å². The largest absolute Gasteiger partial charge is 0.624 e. The van der Waals surface area contributed by atoms with Gasteiger partial charge in [-0.15, -0.1) is 0 Å². The summed E-state index contributed by atoms with van der Waals surface area (Å²) in [7, 11) is -9.93. The maximum atomic E-state index is 11.5. The summed E-state index contributed by atoms with van der Waals surface area (Å²) >= 11 is 0. The number of furan rings is 1. The van der Waals surface area contributed by atoms with Gasteiger partial charge in [0, 0.05) is 12.5 Å². The molecule has 11 heteroatoms. The summed E-state index contributed by atoms with van der Waals surface area (Å²) in [6, 6.07) is 0.176. The van der Waals surface area contributed by atoms with Crippen LogP contribution < -0.4 is 0 Å². The van der Waals surface area contributed by atoms with Crippen LogP contribution in [-0.4, -0.2) is 42.9 Å². The molecule has 9 nitrogen and oxygen atoms in total. The molecule has 0 amide bonds. The van der Waals surface area contributed by atoms with E-state index in [2.05, 4.69) is 4.42 Å². The minimum atomic E-state index is -5.00. The maximum absolute atomic E-state index is 11.5. The highest BCUT2D eigenvalue weighted by Gasteiger charge is 2.30. The van der Waals surface area contributed by atoms with Crippen molar-refractivity contribution in [1.29, 1.82) is 0 Å². The van der Waals surface area contributed by atoms with Gasteiger partial charge in [0.2, 0.25) is 6.21 Å². The van der Waals surface area contributed by atoms with Gasteiger partial charge < -0.3 is 9.62 Å². The fraction of sp³-hybridized carbons (Fsp3) is 0.444. The van der Waals surface area contributed by atoms with Crippen molar-refractivity contribution in [3.8, 4) is 0 Å². The van der Waals surface area contributed by atoms with Crippen LogP contribution in [0.3, 0.4) is 0 Å². The smallest absolute Gasteiger partial charge is 0.329 e. The molecule has 1 rings (SSSR count). The van der Waals surface area contributed by atoms with Crippen LogP contribution in [0.5, 0.6) is 0 Å². The molecule has 1 atom stereocenters. The van der Waals surface area contributed by atoms with Gasteiger partial charge in [0.15, 0.2) is 16.7 Å². The minimum Gasteiger partial charge on any atom is -0.624 e. The maximum Gasteiger partial charge on any atom is 0.329 e. The van der Waals surface area contributed by atoms with Crippen LogP contribution in [0.15, 0.2) is 20.5 Å². The van der Waals surface area contributed by atoms with Gasteiger partial charge in [-0.05, 0) is 6.92 Å². The first-order valence-electron chi connectivity index (χ1n) is 5.36. The summed E-state index contributed by atoms with van der Waals surface area (Å²) in [5.74, 6) is -0.430. The van der Waals surface area contributed by atoms with Crippen LogP contribution in [0, 0.1) is 5.21 Å². The lowest BCUT2D eigenvalue weighted by Crippen LogP contribution is -2.17. The van der Waals surface area contributed by atoms with E-state index in [9.17, 15) is 22.0 Å². The van der Waals surface area contributed by atoms with Crippen LogP contribution in [-0.2, 0) is 20.2 Å². The van der Waals surface area contributed by atoms with Crippen molar-refractivity contribution in [3.05, 3.63) is 17.0 Å². The van der Waals surface area contributed by atoms with E-state index in [1.165, 1.54) is 0 Å². The molecule has 1 aromatic heterocycles. The van der Waals surface area contributed by atoms with E-state index >= 15 is 0 Å². The lowest BCUT2D eigenvalue weighted by atomic mass is 10.3. The molecule has 1 heterocycles. The fourth-order valence-electron chi connectivity index (χ4n) is 1.23. The Morgan fingerprint density at radius 1 is 1.35 bits per heavy atom. The zero-order valence-electron chi connectivity index (χ0n) is 10.5. The van der Waals surface area contributed by atoms with Gasteiger partial charge in [0.1, 0.15) is 0 Å². The van der Waals surface area contributed by atoms with E-state index in [0.717, 1.165) is 6.21 Å². The molecule has 0 spiro atoms. The number of nitrogens with zero attached hydrogens (tertiary/aromatic N) is 1. The Kier molecular flexibility index (Phi) is 4.59. The zero-order chi connectivity index (χ0) is 15.7. The second kappa shape index (κ2) is 5.52. The third-order valence-corrected chi connectivity index (χ3v) is 4.24. The molecule has 1 aromatic rings. The number of hydrogen-bond donors (Lipinski definition) is 2. The third-order valence-electron chi connectivity index (χ3n) is 2.48.